The standard InChI is InChI=1S/C21H29N3O4/c1-13(2)22-21(27)24-18-8-7-17(28-19(18)12-25)11-20(26)23-16-9-14-5-3-4-6-15(14)10-16/h3-8,13,16-19,25H,9-12H2,1-2H3,(H,23,26)(H2,22,24,27)/t17-,18+,19+/m0/s1. The summed E-state index contributed by atoms with van der Waals surface area (Å²) < 4.78 is 5.81. The Morgan fingerprint density at radius 3 is 2.43 bits per heavy atom. The van der Waals surface area contributed by atoms with Gasteiger partial charge in [0.1, 0.15) is 6.10 Å². The van der Waals surface area contributed by atoms with Gasteiger partial charge < -0.3 is 25.8 Å². The number of urea groups is 1. The molecule has 0 unspecified atom stereocenters. The molecule has 7 heteroatoms. The van der Waals surface area contributed by atoms with Crippen LogP contribution < -0.4 is 16.0 Å². The Bertz CT molecular complexity index is 709. The van der Waals surface area contributed by atoms with Crippen LogP contribution in [0.15, 0.2) is 36.4 Å². The maximum absolute atomic E-state index is 12.4. The van der Waals surface area contributed by atoms with E-state index in [-0.39, 0.29) is 37.0 Å². The van der Waals surface area contributed by atoms with Crippen LogP contribution in [0.1, 0.15) is 31.4 Å². The first-order chi connectivity index (χ1) is 13.4. The number of nitrogens with one attached hydrogen (secondary N) is 3. The van der Waals surface area contributed by atoms with Crippen LogP contribution in [0.25, 0.3) is 0 Å². The fraction of sp³-hybridized carbons (Fsp3) is 0.524. The summed E-state index contributed by atoms with van der Waals surface area (Å²) in [6.45, 7) is 3.49. The molecule has 0 spiro atoms. The van der Waals surface area contributed by atoms with Crippen molar-refractivity contribution in [3.05, 3.63) is 47.5 Å². The van der Waals surface area contributed by atoms with Crippen LogP contribution >= 0.6 is 0 Å². The molecule has 7 nitrogen and oxygen atoms in total. The lowest BCUT2D eigenvalue weighted by atomic mass is 10.0. The zero-order chi connectivity index (χ0) is 20.1. The lowest BCUT2D eigenvalue weighted by molar-refractivity contribution is -0.125. The summed E-state index contributed by atoms with van der Waals surface area (Å²) >= 11 is 0. The maximum atomic E-state index is 12.4. The van der Waals surface area contributed by atoms with E-state index in [0.717, 1.165) is 12.8 Å². The first-order valence-electron chi connectivity index (χ1n) is 9.82. The lowest BCUT2D eigenvalue weighted by Crippen LogP contribution is -2.52. The highest BCUT2D eigenvalue weighted by atomic mass is 16.5. The summed E-state index contributed by atoms with van der Waals surface area (Å²) in [6.07, 6.45) is 4.43. The molecule has 0 saturated carbocycles. The minimum absolute atomic E-state index is 0.0132. The third kappa shape index (κ3) is 5.33. The number of carbonyl (C=O) groups excluding carboxylic acids is 2. The van der Waals surface area contributed by atoms with Crippen molar-refractivity contribution in [1.29, 1.82) is 0 Å². The van der Waals surface area contributed by atoms with E-state index in [4.69, 9.17) is 4.74 Å². The normalized spacial score (nSPS) is 24.1. The molecule has 1 aromatic rings. The number of benzene rings is 1. The average Bonchev–Trinajstić information content (AvgIpc) is 3.04. The van der Waals surface area contributed by atoms with Crippen LogP contribution in [0.3, 0.4) is 0 Å². The summed E-state index contributed by atoms with van der Waals surface area (Å²) in [5.41, 5.74) is 2.58. The highest BCUT2D eigenvalue weighted by Crippen LogP contribution is 2.22. The van der Waals surface area contributed by atoms with E-state index in [1.54, 1.807) is 12.2 Å². The lowest BCUT2D eigenvalue weighted by Gasteiger charge is -2.32. The van der Waals surface area contributed by atoms with Crippen LogP contribution in [0.4, 0.5) is 4.79 Å². The van der Waals surface area contributed by atoms with E-state index in [0.29, 0.717) is 0 Å². The molecular formula is C21H29N3O4. The van der Waals surface area contributed by atoms with Gasteiger partial charge in [0, 0.05) is 12.1 Å². The van der Waals surface area contributed by atoms with Crippen molar-refractivity contribution in [1.82, 2.24) is 16.0 Å². The number of ether oxygens (including phenoxy) is 1. The summed E-state index contributed by atoms with van der Waals surface area (Å²) in [4.78, 5) is 24.3. The number of rotatable bonds is 6. The molecule has 0 saturated heterocycles. The van der Waals surface area contributed by atoms with E-state index < -0.39 is 18.2 Å². The molecule has 1 aromatic carbocycles. The Morgan fingerprint density at radius 1 is 1.14 bits per heavy atom. The minimum atomic E-state index is -0.587. The van der Waals surface area contributed by atoms with E-state index in [1.165, 1.54) is 11.1 Å². The summed E-state index contributed by atoms with van der Waals surface area (Å²) in [5.74, 6) is -0.0758. The van der Waals surface area contributed by atoms with Crippen molar-refractivity contribution < 1.29 is 19.4 Å². The van der Waals surface area contributed by atoms with Gasteiger partial charge in [-0.05, 0) is 37.8 Å². The van der Waals surface area contributed by atoms with Gasteiger partial charge in [0.05, 0.1) is 25.2 Å². The van der Waals surface area contributed by atoms with Crippen molar-refractivity contribution in [2.24, 2.45) is 0 Å². The highest BCUT2D eigenvalue weighted by Gasteiger charge is 2.30. The molecule has 0 aromatic heterocycles. The fourth-order valence-electron chi connectivity index (χ4n) is 3.72. The molecule has 152 valence electrons. The SMILES string of the molecule is CC(C)NC(=O)N[C@@H]1C=C[C@@H](CC(=O)NC2Cc3ccccc3C2)O[C@@H]1CO. The van der Waals surface area contributed by atoms with Gasteiger partial charge in [-0.3, -0.25) is 4.79 Å². The number of amides is 3. The van der Waals surface area contributed by atoms with Gasteiger partial charge in [-0.2, -0.15) is 0 Å². The number of hydrogen-bond acceptors (Lipinski definition) is 4. The van der Waals surface area contributed by atoms with Crippen molar-refractivity contribution in [3.8, 4) is 0 Å². The molecular weight excluding hydrogens is 358 g/mol. The van der Waals surface area contributed by atoms with E-state index >= 15 is 0 Å². The van der Waals surface area contributed by atoms with Crippen molar-refractivity contribution in [2.45, 2.75) is 63.4 Å². The Balaban J connectivity index is 1.49. The van der Waals surface area contributed by atoms with Crippen molar-refractivity contribution in [2.75, 3.05) is 6.61 Å². The van der Waals surface area contributed by atoms with Crippen molar-refractivity contribution in [3.63, 3.8) is 0 Å². The number of aliphatic hydroxyl groups excluding tert-OH is 1. The number of aliphatic hydroxyl groups is 1. The van der Waals surface area contributed by atoms with Gasteiger partial charge in [-0.1, -0.05) is 36.4 Å². The Morgan fingerprint density at radius 2 is 1.82 bits per heavy atom. The largest absolute Gasteiger partial charge is 0.394 e. The van der Waals surface area contributed by atoms with Crippen LogP contribution in [-0.4, -0.2) is 54.0 Å². The summed E-state index contributed by atoms with van der Waals surface area (Å²) in [6, 6.07) is 7.61. The molecule has 0 fully saturated rings. The predicted molar refractivity (Wildman–Crippen MR) is 106 cm³/mol. The Labute approximate surface area is 165 Å². The van der Waals surface area contributed by atoms with Gasteiger partial charge in [0.15, 0.2) is 0 Å². The Kier molecular flexibility index (Phi) is 6.70. The molecule has 0 radical (unpaired) electrons. The second kappa shape index (κ2) is 9.21. The van der Waals surface area contributed by atoms with Gasteiger partial charge in [-0.25, -0.2) is 4.79 Å². The molecule has 3 rings (SSSR count). The van der Waals surface area contributed by atoms with Crippen LogP contribution in [0.2, 0.25) is 0 Å². The Hall–Kier alpha value is -2.38. The van der Waals surface area contributed by atoms with Gasteiger partial charge in [0.25, 0.3) is 0 Å². The van der Waals surface area contributed by atoms with Gasteiger partial charge in [-0.15, -0.1) is 0 Å². The average molecular weight is 387 g/mol. The van der Waals surface area contributed by atoms with E-state index in [1.807, 2.05) is 26.0 Å². The van der Waals surface area contributed by atoms with E-state index in [9.17, 15) is 14.7 Å². The van der Waals surface area contributed by atoms with Crippen LogP contribution in [0.5, 0.6) is 0 Å². The highest BCUT2D eigenvalue weighted by molar-refractivity contribution is 5.77. The molecule has 1 aliphatic heterocycles. The smallest absolute Gasteiger partial charge is 0.315 e. The molecule has 3 atom stereocenters. The molecule has 28 heavy (non-hydrogen) atoms. The molecule has 3 amide bonds. The zero-order valence-electron chi connectivity index (χ0n) is 16.4. The number of fused-ring (bicyclic) bond motifs is 1. The molecule has 0 bridgehead atoms. The monoisotopic (exact) mass is 387 g/mol. The predicted octanol–water partition coefficient (Wildman–Crippen LogP) is 1.05. The second-order valence-electron chi connectivity index (χ2n) is 7.72. The quantitative estimate of drug-likeness (QED) is 0.548. The summed E-state index contributed by atoms with van der Waals surface area (Å²) in [5, 5.41) is 18.2. The number of hydrogen-bond donors (Lipinski definition) is 4. The van der Waals surface area contributed by atoms with Gasteiger partial charge in [0.2, 0.25) is 5.91 Å². The molecule has 4 N–H and O–H groups in total. The van der Waals surface area contributed by atoms with Gasteiger partial charge >= 0.3 is 6.03 Å². The fourth-order valence-corrected chi connectivity index (χ4v) is 3.72. The van der Waals surface area contributed by atoms with Crippen LogP contribution in [-0.2, 0) is 22.4 Å². The topological polar surface area (TPSA) is 99.7 Å². The third-order valence-corrected chi connectivity index (χ3v) is 4.98. The molecule has 1 aliphatic carbocycles. The second-order valence-corrected chi connectivity index (χ2v) is 7.72. The first-order valence-corrected chi connectivity index (χ1v) is 9.82. The third-order valence-electron chi connectivity index (χ3n) is 4.98. The maximum Gasteiger partial charge on any atom is 0.315 e. The molecule has 1 heterocycles. The summed E-state index contributed by atoms with van der Waals surface area (Å²) in [7, 11) is 0. The van der Waals surface area contributed by atoms with Crippen molar-refractivity contribution >= 4 is 11.9 Å². The zero-order valence-corrected chi connectivity index (χ0v) is 16.4. The van der Waals surface area contributed by atoms with Crippen LogP contribution in [0, 0.1) is 0 Å². The van der Waals surface area contributed by atoms with E-state index in [2.05, 4.69) is 28.1 Å². The minimum Gasteiger partial charge on any atom is -0.394 e. The number of carbonyl (C=O) groups is 2. The first kappa shape index (κ1) is 20.4. The molecule has 2 aliphatic rings.